The lowest BCUT2D eigenvalue weighted by atomic mass is 9.96. The van der Waals surface area contributed by atoms with Crippen molar-refractivity contribution in [2.45, 2.75) is 38.7 Å². The van der Waals surface area contributed by atoms with Crippen LogP contribution in [-0.2, 0) is 4.74 Å². The molecule has 0 radical (unpaired) electrons. The smallest absolute Gasteiger partial charge is 0.436 e. The molecule has 0 aromatic heterocycles. The monoisotopic (exact) mass is 501 g/mol. The van der Waals surface area contributed by atoms with Gasteiger partial charge < -0.3 is 25.3 Å². The summed E-state index contributed by atoms with van der Waals surface area (Å²) in [5.41, 5.74) is 7.44. The van der Waals surface area contributed by atoms with Gasteiger partial charge in [-0.3, -0.25) is 4.79 Å². The molecule has 0 saturated heterocycles. The fourth-order valence-corrected chi connectivity index (χ4v) is 3.94. The minimum atomic E-state index is -0.738. The maximum atomic E-state index is 12.9. The Kier molecular flexibility index (Phi) is 7.77. The van der Waals surface area contributed by atoms with E-state index >= 15 is 0 Å². The van der Waals surface area contributed by atoms with Gasteiger partial charge in [0.2, 0.25) is 0 Å². The van der Waals surface area contributed by atoms with Gasteiger partial charge >= 0.3 is 6.09 Å². The lowest BCUT2D eigenvalue weighted by Crippen LogP contribution is -2.26. The van der Waals surface area contributed by atoms with Crippen LogP contribution in [0.1, 0.15) is 54.6 Å². The maximum absolute atomic E-state index is 12.9. The molecule has 3 aromatic rings. The summed E-state index contributed by atoms with van der Waals surface area (Å²) in [7, 11) is 0. The second-order valence-corrected chi connectivity index (χ2v) is 9.69. The van der Waals surface area contributed by atoms with Gasteiger partial charge in [-0.25, -0.2) is 4.79 Å². The highest BCUT2D eigenvalue weighted by atomic mass is 16.6. The number of nitrogens with zero attached hydrogens (tertiary/aromatic N) is 1. The first-order chi connectivity index (χ1) is 17.7. The summed E-state index contributed by atoms with van der Waals surface area (Å²) in [5.74, 6) is 1.82. The minimum absolute atomic E-state index is 0.0559. The molecule has 192 valence electrons. The van der Waals surface area contributed by atoms with Crippen LogP contribution in [0.3, 0.4) is 0 Å². The van der Waals surface area contributed by atoms with Gasteiger partial charge in [0.05, 0.1) is 12.2 Å². The van der Waals surface area contributed by atoms with Crippen molar-refractivity contribution in [3.05, 3.63) is 89.5 Å². The third kappa shape index (κ3) is 6.88. The number of hydrogen-bond donors (Lipinski definition) is 2. The van der Waals surface area contributed by atoms with Crippen LogP contribution in [-0.4, -0.2) is 36.6 Å². The molecular weight excluding hydrogens is 470 g/mol. The van der Waals surface area contributed by atoms with Crippen molar-refractivity contribution in [1.29, 1.82) is 0 Å². The third-order valence-electron chi connectivity index (χ3n) is 5.67. The zero-order valence-corrected chi connectivity index (χ0v) is 21.2. The van der Waals surface area contributed by atoms with Gasteiger partial charge in [0.15, 0.2) is 0 Å². The van der Waals surface area contributed by atoms with E-state index in [1.54, 1.807) is 45.0 Å². The van der Waals surface area contributed by atoms with E-state index in [1.807, 2.05) is 48.5 Å². The Morgan fingerprint density at radius 2 is 1.78 bits per heavy atom. The predicted octanol–water partition coefficient (Wildman–Crippen LogP) is 5.42. The van der Waals surface area contributed by atoms with Crippen LogP contribution < -0.4 is 20.5 Å². The number of carbonyl (C=O) groups is 2. The van der Waals surface area contributed by atoms with Gasteiger partial charge in [-0.1, -0.05) is 30.3 Å². The zero-order valence-electron chi connectivity index (χ0n) is 21.2. The molecule has 37 heavy (non-hydrogen) atoms. The molecule has 0 bridgehead atoms. The highest BCUT2D eigenvalue weighted by Crippen LogP contribution is 2.36. The molecular formula is C29H31N3O5. The lowest BCUT2D eigenvalue weighted by molar-refractivity contribution is 0.0604. The second-order valence-electron chi connectivity index (χ2n) is 9.69. The third-order valence-corrected chi connectivity index (χ3v) is 5.67. The Morgan fingerprint density at radius 1 is 1.05 bits per heavy atom. The van der Waals surface area contributed by atoms with E-state index in [2.05, 4.69) is 10.3 Å². The normalized spacial score (nSPS) is 14.9. The molecule has 0 spiro atoms. The zero-order chi connectivity index (χ0) is 26.4. The summed E-state index contributed by atoms with van der Waals surface area (Å²) in [6, 6.07) is 21.9. The molecule has 1 atom stereocenters. The molecule has 0 saturated carbocycles. The highest BCUT2D eigenvalue weighted by molar-refractivity contribution is 6.03. The largest absolute Gasteiger partial charge is 0.493 e. The first-order valence-electron chi connectivity index (χ1n) is 12.1. The van der Waals surface area contributed by atoms with Crippen molar-refractivity contribution in [3.8, 4) is 17.2 Å². The number of benzene rings is 3. The Morgan fingerprint density at radius 3 is 2.54 bits per heavy atom. The van der Waals surface area contributed by atoms with E-state index in [9.17, 15) is 9.59 Å². The number of aliphatic imine (C=N–C) groups is 1. The van der Waals surface area contributed by atoms with Gasteiger partial charge in [0, 0.05) is 23.6 Å². The Hall–Kier alpha value is -4.33. The van der Waals surface area contributed by atoms with Crippen LogP contribution in [0.4, 0.5) is 4.79 Å². The van der Waals surface area contributed by atoms with Crippen LogP contribution in [0.25, 0.3) is 0 Å². The van der Waals surface area contributed by atoms with Gasteiger partial charge in [-0.05, 0) is 69.7 Å². The first-order valence-corrected chi connectivity index (χ1v) is 12.1. The average Bonchev–Trinajstić information content (AvgIpc) is 3.26. The molecule has 0 aliphatic carbocycles. The number of amides is 2. The molecule has 2 amide bonds. The number of para-hydroxylation sites is 2. The highest BCUT2D eigenvalue weighted by Gasteiger charge is 2.25. The number of amidine groups is 1. The van der Waals surface area contributed by atoms with Crippen molar-refractivity contribution in [1.82, 2.24) is 5.32 Å². The summed E-state index contributed by atoms with van der Waals surface area (Å²) >= 11 is 0. The van der Waals surface area contributed by atoms with Crippen molar-refractivity contribution >= 4 is 17.8 Å². The van der Waals surface area contributed by atoms with Crippen molar-refractivity contribution in [3.63, 3.8) is 0 Å². The Labute approximate surface area is 216 Å². The van der Waals surface area contributed by atoms with Gasteiger partial charge in [-0.2, -0.15) is 4.99 Å². The molecule has 3 N–H and O–H groups in total. The van der Waals surface area contributed by atoms with Gasteiger partial charge in [0.1, 0.15) is 28.7 Å². The second kappa shape index (κ2) is 11.2. The molecule has 4 rings (SSSR count). The Bertz CT molecular complexity index is 1300. The molecule has 1 aliphatic rings. The first kappa shape index (κ1) is 25.8. The van der Waals surface area contributed by atoms with E-state index in [0.29, 0.717) is 42.2 Å². The topological polar surface area (TPSA) is 112 Å². The Balaban J connectivity index is 1.38. The minimum Gasteiger partial charge on any atom is -0.493 e. The molecule has 0 fully saturated rings. The number of ether oxygens (including phenoxy) is 3. The van der Waals surface area contributed by atoms with Crippen LogP contribution in [0.5, 0.6) is 17.2 Å². The van der Waals surface area contributed by atoms with Crippen LogP contribution in [0.15, 0.2) is 77.8 Å². The van der Waals surface area contributed by atoms with Gasteiger partial charge in [0.25, 0.3) is 5.91 Å². The maximum Gasteiger partial charge on any atom is 0.436 e. The SMILES string of the molecule is CC(C)(C)OC(=O)N=C(N)c1ccc2c(c1)C(CCNC(=O)c1ccccc1Oc1ccccc1)CO2. The van der Waals surface area contributed by atoms with Crippen molar-refractivity contribution in [2.24, 2.45) is 10.7 Å². The molecule has 1 unspecified atom stereocenters. The van der Waals surface area contributed by atoms with E-state index in [1.165, 1.54) is 0 Å². The molecule has 8 nitrogen and oxygen atoms in total. The van der Waals surface area contributed by atoms with Crippen molar-refractivity contribution < 1.29 is 23.8 Å². The molecule has 1 aliphatic heterocycles. The number of rotatable bonds is 7. The summed E-state index contributed by atoms with van der Waals surface area (Å²) in [6.45, 7) is 6.23. The van der Waals surface area contributed by atoms with E-state index in [4.69, 9.17) is 19.9 Å². The van der Waals surface area contributed by atoms with Crippen molar-refractivity contribution in [2.75, 3.05) is 13.2 Å². The molecule has 3 aromatic carbocycles. The summed E-state index contributed by atoms with van der Waals surface area (Å²) < 4.78 is 16.9. The number of nitrogens with two attached hydrogens (primary N) is 1. The molecule has 1 heterocycles. The van der Waals surface area contributed by atoms with Crippen LogP contribution >= 0.6 is 0 Å². The average molecular weight is 502 g/mol. The fraction of sp³-hybridized carbons (Fsp3) is 0.276. The van der Waals surface area contributed by atoms with E-state index in [0.717, 1.165) is 11.3 Å². The number of hydrogen-bond acceptors (Lipinski definition) is 5. The molecule has 8 heteroatoms. The van der Waals surface area contributed by atoms with Crippen LogP contribution in [0.2, 0.25) is 0 Å². The predicted molar refractivity (Wildman–Crippen MR) is 142 cm³/mol. The van der Waals surface area contributed by atoms with Crippen LogP contribution in [0, 0.1) is 0 Å². The standard InChI is InChI=1S/C29H31N3O5/c1-29(2,3)37-28(34)32-26(30)19-13-14-24-23(17-19)20(18-35-24)15-16-31-27(33)22-11-7-8-12-25(22)36-21-9-5-4-6-10-21/h4-14,17,20H,15-16,18H2,1-3H3,(H,31,33)(H2,30,32,34). The summed E-state index contributed by atoms with van der Waals surface area (Å²) in [4.78, 5) is 28.8. The van der Waals surface area contributed by atoms with E-state index < -0.39 is 11.7 Å². The number of nitrogens with one attached hydrogen (secondary N) is 1. The number of carbonyl (C=O) groups excluding carboxylic acids is 2. The van der Waals surface area contributed by atoms with E-state index in [-0.39, 0.29) is 17.7 Å². The fourth-order valence-electron chi connectivity index (χ4n) is 3.94. The lowest BCUT2D eigenvalue weighted by Gasteiger charge is -2.17. The number of fused-ring (bicyclic) bond motifs is 1. The quantitative estimate of drug-likeness (QED) is 0.330. The summed E-state index contributed by atoms with van der Waals surface area (Å²) in [5, 5.41) is 2.98. The van der Waals surface area contributed by atoms with Gasteiger partial charge in [-0.15, -0.1) is 0 Å². The summed E-state index contributed by atoms with van der Waals surface area (Å²) in [6.07, 6.45) is -0.0787.